The molecule has 0 N–H and O–H groups in total. The number of piperidine rings is 1. The molecule has 6 nitrogen and oxygen atoms in total. The van der Waals surface area contributed by atoms with Gasteiger partial charge in [-0.15, -0.1) is 0 Å². The van der Waals surface area contributed by atoms with Crippen LogP contribution in [0.3, 0.4) is 0 Å². The summed E-state index contributed by atoms with van der Waals surface area (Å²) in [4.78, 5) is 15.2. The van der Waals surface area contributed by atoms with Crippen LogP contribution in [-0.4, -0.2) is 41.8 Å². The molecule has 0 saturated carbocycles. The van der Waals surface area contributed by atoms with E-state index in [1.807, 2.05) is 19.1 Å². The lowest BCUT2D eigenvalue weighted by Crippen LogP contribution is -2.36. The van der Waals surface area contributed by atoms with E-state index in [1.54, 1.807) is 25.6 Å². The first-order chi connectivity index (χ1) is 11.3. The highest BCUT2D eigenvalue weighted by Crippen LogP contribution is 2.23. The molecule has 2 aromatic rings. The van der Waals surface area contributed by atoms with Gasteiger partial charge in [0.15, 0.2) is 0 Å². The van der Waals surface area contributed by atoms with Gasteiger partial charge in [0.1, 0.15) is 0 Å². The lowest BCUT2D eigenvalue weighted by Gasteiger charge is -2.31. The minimum absolute atomic E-state index is 0.540. The molecule has 1 fully saturated rings. The van der Waals surface area contributed by atoms with E-state index in [2.05, 4.69) is 19.9 Å². The van der Waals surface area contributed by atoms with Gasteiger partial charge < -0.3 is 14.4 Å². The molecule has 1 aliphatic rings. The number of methoxy groups -OCH3 is 1. The van der Waals surface area contributed by atoms with Crippen LogP contribution in [0.1, 0.15) is 18.4 Å². The zero-order chi connectivity index (χ0) is 16.1. The van der Waals surface area contributed by atoms with Crippen LogP contribution < -0.4 is 14.4 Å². The Hall–Kier alpha value is -2.37. The minimum atomic E-state index is 0.540. The zero-order valence-corrected chi connectivity index (χ0v) is 13.6. The van der Waals surface area contributed by atoms with E-state index >= 15 is 0 Å². The van der Waals surface area contributed by atoms with Crippen molar-refractivity contribution in [3.8, 4) is 11.8 Å². The molecule has 122 valence electrons. The summed E-state index contributed by atoms with van der Waals surface area (Å²) in [5, 5.41) is 0. The van der Waals surface area contributed by atoms with Crippen LogP contribution in [0.2, 0.25) is 0 Å². The SMILES string of the molecule is COc1ccnc(N2CCC(COc3ncccc3C)CC2)n1. The fourth-order valence-corrected chi connectivity index (χ4v) is 2.72. The molecule has 3 heterocycles. The maximum atomic E-state index is 5.87. The fourth-order valence-electron chi connectivity index (χ4n) is 2.72. The van der Waals surface area contributed by atoms with Crippen LogP contribution in [0.25, 0.3) is 0 Å². The van der Waals surface area contributed by atoms with E-state index in [-0.39, 0.29) is 0 Å². The van der Waals surface area contributed by atoms with Crippen LogP contribution in [0.5, 0.6) is 11.8 Å². The molecule has 0 radical (unpaired) electrons. The summed E-state index contributed by atoms with van der Waals surface area (Å²) in [6, 6.07) is 5.71. The molecule has 0 atom stereocenters. The number of pyridine rings is 1. The zero-order valence-electron chi connectivity index (χ0n) is 13.6. The summed E-state index contributed by atoms with van der Waals surface area (Å²) in [6.45, 7) is 4.60. The maximum absolute atomic E-state index is 5.87. The highest BCUT2D eigenvalue weighted by Gasteiger charge is 2.22. The predicted molar refractivity (Wildman–Crippen MR) is 88.0 cm³/mol. The lowest BCUT2D eigenvalue weighted by molar-refractivity contribution is 0.214. The normalized spacial score (nSPS) is 15.5. The first-order valence-electron chi connectivity index (χ1n) is 7.92. The number of hydrogen-bond acceptors (Lipinski definition) is 6. The Morgan fingerprint density at radius 1 is 1.17 bits per heavy atom. The Labute approximate surface area is 136 Å². The Balaban J connectivity index is 1.51. The molecule has 0 aliphatic carbocycles. The molecule has 6 heteroatoms. The Morgan fingerprint density at radius 3 is 2.74 bits per heavy atom. The second-order valence-electron chi connectivity index (χ2n) is 5.77. The van der Waals surface area contributed by atoms with Crippen LogP contribution in [0.4, 0.5) is 5.95 Å². The molecule has 0 bridgehead atoms. The van der Waals surface area contributed by atoms with Crippen LogP contribution in [0, 0.1) is 12.8 Å². The second kappa shape index (κ2) is 7.26. The van der Waals surface area contributed by atoms with Gasteiger partial charge in [-0.25, -0.2) is 9.97 Å². The van der Waals surface area contributed by atoms with Crippen LogP contribution in [0.15, 0.2) is 30.6 Å². The number of rotatable bonds is 5. The Kier molecular flexibility index (Phi) is 4.90. The number of aromatic nitrogens is 3. The number of anilines is 1. The summed E-state index contributed by atoms with van der Waals surface area (Å²) in [5.74, 6) is 2.62. The average molecular weight is 314 g/mol. The smallest absolute Gasteiger partial charge is 0.228 e. The first-order valence-corrected chi connectivity index (χ1v) is 7.92. The van der Waals surface area contributed by atoms with Crippen molar-refractivity contribution in [2.75, 3.05) is 31.7 Å². The molecule has 0 amide bonds. The van der Waals surface area contributed by atoms with E-state index in [0.717, 1.165) is 43.3 Å². The van der Waals surface area contributed by atoms with Gasteiger partial charge in [-0.1, -0.05) is 6.07 Å². The van der Waals surface area contributed by atoms with Gasteiger partial charge >= 0.3 is 0 Å². The quantitative estimate of drug-likeness (QED) is 0.845. The number of ether oxygens (including phenoxy) is 2. The van der Waals surface area contributed by atoms with Crippen molar-refractivity contribution in [2.45, 2.75) is 19.8 Å². The van der Waals surface area contributed by atoms with Gasteiger partial charge in [0.25, 0.3) is 0 Å². The topological polar surface area (TPSA) is 60.4 Å². The van der Waals surface area contributed by atoms with Gasteiger partial charge in [-0.2, -0.15) is 4.98 Å². The van der Waals surface area contributed by atoms with E-state index in [4.69, 9.17) is 9.47 Å². The van der Waals surface area contributed by atoms with Crippen molar-refractivity contribution in [3.05, 3.63) is 36.2 Å². The predicted octanol–water partition coefficient (Wildman–Crippen LogP) is 2.48. The largest absolute Gasteiger partial charge is 0.481 e. The molecule has 23 heavy (non-hydrogen) atoms. The summed E-state index contributed by atoms with van der Waals surface area (Å²) < 4.78 is 11.0. The first kappa shape index (κ1) is 15.5. The van der Waals surface area contributed by atoms with Gasteiger partial charge in [-0.3, -0.25) is 0 Å². The van der Waals surface area contributed by atoms with E-state index < -0.39 is 0 Å². The van der Waals surface area contributed by atoms with E-state index in [0.29, 0.717) is 18.4 Å². The lowest BCUT2D eigenvalue weighted by atomic mass is 9.98. The second-order valence-corrected chi connectivity index (χ2v) is 5.77. The highest BCUT2D eigenvalue weighted by molar-refractivity contribution is 5.32. The van der Waals surface area contributed by atoms with Crippen molar-refractivity contribution < 1.29 is 9.47 Å². The van der Waals surface area contributed by atoms with Gasteiger partial charge in [0.2, 0.25) is 17.7 Å². The molecule has 0 aromatic carbocycles. The maximum Gasteiger partial charge on any atom is 0.228 e. The van der Waals surface area contributed by atoms with Gasteiger partial charge in [-0.05, 0) is 31.7 Å². The van der Waals surface area contributed by atoms with Crippen molar-refractivity contribution in [3.63, 3.8) is 0 Å². The van der Waals surface area contributed by atoms with Crippen LogP contribution in [-0.2, 0) is 0 Å². The van der Waals surface area contributed by atoms with E-state index in [1.165, 1.54) is 0 Å². The highest BCUT2D eigenvalue weighted by atomic mass is 16.5. The van der Waals surface area contributed by atoms with Crippen LogP contribution >= 0.6 is 0 Å². The molecule has 3 rings (SSSR count). The van der Waals surface area contributed by atoms with Gasteiger partial charge in [0.05, 0.1) is 13.7 Å². The van der Waals surface area contributed by atoms with Crippen molar-refractivity contribution in [2.24, 2.45) is 5.92 Å². The summed E-state index contributed by atoms with van der Waals surface area (Å²) in [6.07, 6.45) is 5.63. The molecule has 0 unspecified atom stereocenters. The summed E-state index contributed by atoms with van der Waals surface area (Å²) >= 11 is 0. The fraction of sp³-hybridized carbons (Fsp3) is 0.471. The monoisotopic (exact) mass is 314 g/mol. The molecular formula is C17H22N4O2. The van der Waals surface area contributed by atoms with Crippen molar-refractivity contribution in [1.29, 1.82) is 0 Å². The Bertz CT molecular complexity index is 642. The molecular weight excluding hydrogens is 292 g/mol. The average Bonchev–Trinajstić information content (AvgIpc) is 2.61. The molecule has 1 aliphatic heterocycles. The molecule has 0 spiro atoms. The van der Waals surface area contributed by atoms with Gasteiger partial charge in [0, 0.05) is 37.1 Å². The molecule has 2 aromatic heterocycles. The standard InChI is InChI=1S/C17H22N4O2/c1-13-4-3-8-18-16(13)23-12-14-6-10-21(11-7-14)17-19-9-5-15(20-17)22-2/h3-5,8-9,14H,6-7,10-12H2,1-2H3. The number of nitrogens with zero attached hydrogens (tertiary/aromatic N) is 4. The van der Waals surface area contributed by atoms with Crippen molar-refractivity contribution >= 4 is 5.95 Å². The third kappa shape index (κ3) is 3.88. The Morgan fingerprint density at radius 2 is 2.00 bits per heavy atom. The third-order valence-electron chi connectivity index (χ3n) is 4.14. The molecule has 1 saturated heterocycles. The number of hydrogen-bond donors (Lipinski definition) is 0. The van der Waals surface area contributed by atoms with E-state index in [9.17, 15) is 0 Å². The number of aryl methyl sites for hydroxylation is 1. The summed E-state index contributed by atoms with van der Waals surface area (Å²) in [7, 11) is 1.62. The summed E-state index contributed by atoms with van der Waals surface area (Å²) in [5.41, 5.74) is 1.08. The minimum Gasteiger partial charge on any atom is -0.481 e. The van der Waals surface area contributed by atoms with Crippen molar-refractivity contribution in [1.82, 2.24) is 15.0 Å². The third-order valence-corrected chi connectivity index (χ3v) is 4.14.